The lowest BCUT2D eigenvalue weighted by Crippen LogP contribution is -2.46. The van der Waals surface area contributed by atoms with Crippen LogP contribution >= 0.6 is 0 Å². The molecule has 0 aromatic heterocycles. The average molecular weight is 452 g/mol. The van der Waals surface area contributed by atoms with E-state index in [2.05, 4.69) is 21.3 Å². The van der Waals surface area contributed by atoms with Crippen LogP contribution in [0.4, 0.5) is 21.0 Å². The molecule has 0 saturated carbocycles. The number of hydrogen-bond acceptors (Lipinski definition) is 3. The Kier molecular flexibility index (Phi) is 8.29. The van der Waals surface area contributed by atoms with Gasteiger partial charge in [-0.05, 0) is 69.0 Å². The molecule has 0 aliphatic carbocycles. The summed E-state index contributed by atoms with van der Waals surface area (Å²) in [5, 5.41) is 11.4. The molecule has 1 atom stereocenters. The molecule has 176 valence electrons. The number of anilines is 2. The third kappa shape index (κ3) is 7.52. The summed E-state index contributed by atoms with van der Waals surface area (Å²) in [7, 11) is 0. The first-order chi connectivity index (χ1) is 15.8. The molecule has 2 aromatic carbocycles. The molecule has 33 heavy (non-hydrogen) atoms. The number of nitrogens with one attached hydrogen (secondary N) is 4. The molecule has 1 aliphatic heterocycles. The molecule has 8 heteroatoms. The van der Waals surface area contributed by atoms with Gasteiger partial charge in [0.25, 0.3) is 0 Å². The van der Waals surface area contributed by atoms with Crippen molar-refractivity contribution in [3.63, 3.8) is 0 Å². The van der Waals surface area contributed by atoms with Gasteiger partial charge in [0.2, 0.25) is 5.91 Å². The molecule has 1 unspecified atom stereocenters. The van der Waals surface area contributed by atoms with Gasteiger partial charge >= 0.3 is 12.1 Å². The number of nitrogens with zero attached hydrogens (tertiary/aromatic N) is 1. The maximum Gasteiger partial charge on any atom is 0.321 e. The SMILES string of the molecule is Cc1cccc(NC(=O)N2CCCC(C(=O)NCc3ccc(NC(=O)NC(C)C)cc3)C2)c1. The molecule has 1 saturated heterocycles. The normalized spacial score (nSPS) is 15.6. The summed E-state index contributed by atoms with van der Waals surface area (Å²) >= 11 is 0. The Morgan fingerprint density at radius 2 is 1.79 bits per heavy atom. The van der Waals surface area contributed by atoms with E-state index in [0.29, 0.717) is 25.3 Å². The van der Waals surface area contributed by atoms with Gasteiger partial charge in [0.1, 0.15) is 0 Å². The van der Waals surface area contributed by atoms with Crippen LogP contribution in [0, 0.1) is 12.8 Å². The fraction of sp³-hybridized carbons (Fsp3) is 0.400. The van der Waals surface area contributed by atoms with Crippen molar-refractivity contribution in [1.82, 2.24) is 15.5 Å². The first-order valence-corrected chi connectivity index (χ1v) is 11.4. The largest absolute Gasteiger partial charge is 0.352 e. The van der Waals surface area contributed by atoms with Gasteiger partial charge in [-0.3, -0.25) is 4.79 Å². The van der Waals surface area contributed by atoms with Crippen LogP contribution in [0.3, 0.4) is 0 Å². The zero-order chi connectivity index (χ0) is 23.8. The Morgan fingerprint density at radius 1 is 1.03 bits per heavy atom. The second-order valence-electron chi connectivity index (χ2n) is 8.75. The molecule has 1 heterocycles. The van der Waals surface area contributed by atoms with E-state index < -0.39 is 0 Å². The number of amides is 5. The lowest BCUT2D eigenvalue weighted by Gasteiger charge is -2.32. The topological polar surface area (TPSA) is 103 Å². The quantitative estimate of drug-likeness (QED) is 0.532. The Labute approximate surface area is 195 Å². The summed E-state index contributed by atoms with van der Waals surface area (Å²) in [5.74, 6) is -0.288. The smallest absolute Gasteiger partial charge is 0.321 e. The fourth-order valence-corrected chi connectivity index (χ4v) is 3.77. The van der Waals surface area contributed by atoms with Crippen molar-refractivity contribution < 1.29 is 14.4 Å². The first-order valence-electron chi connectivity index (χ1n) is 11.4. The number of carbonyl (C=O) groups is 3. The highest BCUT2D eigenvalue weighted by atomic mass is 16.2. The highest BCUT2D eigenvalue weighted by molar-refractivity contribution is 5.90. The number of rotatable bonds is 6. The number of piperidine rings is 1. The predicted octanol–water partition coefficient (Wildman–Crippen LogP) is 4.09. The van der Waals surface area contributed by atoms with Crippen molar-refractivity contribution in [2.45, 2.75) is 46.2 Å². The third-order valence-corrected chi connectivity index (χ3v) is 5.45. The van der Waals surface area contributed by atoms with E-state index in [1.807, 2.05) is 57.2 Å². The van der Waals surface area contributed by atoms with Crippen molar-refractivity contribution >= 4 is 29.3 Å². The van der Waals surface area contributed by atoms with Gasteiger partial charge in [0, 0.05) is 37.1 Å². The minimum absolute atomic E-state index is 0.0541. The molecule has 5 amide bonds. The third-order valence-electron chi connectivity index (χ3n) is 5.45. The summed E-state index contributed by atoms with van der Waals surface area (Å²) in [5.41, 5.74) is 3.45. The van der Waals surface area contributed by atoms with E-state index >= 15 is 0 Å². The lowest BCUT2D eigenvalue weighted by molar-refractivity contribution is -0.126. The minimum atomic E-state index is -0.251. The number of aryl methyl sites for hydroxylation is 1. The van der Waals surface area contributed by atoms with Gasteiger partial charge in [-0.25, -0.2) is 9.59 Å². The van der Waals surface area contributed by atoms with Gasteiger partial charge in [0.05, 0.1) is 5.92 Å². The summed E-state index contributed by atoms with van der Waals surface area (Å²) in [6.07, 6.45) is 1.55. The maximum atomic E-state index is 12.7. The Bertz CT molecular complexity index is 974. The highest BCUT2D eigenvalue weighted by Crippen LogP contribution is 2.19. The summed E-state index contributed by atoms with van der Waals surface area (Å²) in [6.45, 7) is 7.20. The monoisotopic (exact) mass is 451 g/mol. The van der Waals surface area contributed by atoms with E-state index in [0.717, 1.165) is 29.7 Å². The Hall–Kier alpha value is -3.55. The van der Waals surface area contributed by atoms with Crippen molar-refractivity contribution in [3.8, 4) is 0 Å². The minimum Gasteiger partial charge on any atom is -0.352 e. The Balaban J connectivity index is 1.47. The highest BCUT2D eigenvalue weighted by Gasteiger charge is 2.28. The molecular formula is C25H33N5O3. The summed E-state index contributed by atoms with van der Waals surface area (Å²) in [4.78, 5) is 38.9. The van der Waals surface area contributed by atoms with Crippen molar-refractivity contribution in [1.29, 1.82) is 0 Å². The van der Waals surface area contributed by atoms with E-state index in [1.54, 1.807) is 17.0 Å². The Morgan fingerprint density at radius 3 is 2.48 bits per heavy atom. The average Bonchev–Trinajstić information content (AvgIpc) is 2.78. The van der Waals surface area contributed by atoms with Gasteiger partial charge in [-0.1, -0.05) is 24.3 Å². The fourth-order valence-electron chi connectivity index (χ4n) is 3.77. The first kappa shape index (κ1) is 24.1. The molecule has 0 radical (unpaired) electrons. The number of hydrogen-bond donors (Lipinski definition) is 4. The zero-order valence-electron chi connectivity index (χ0n) is 19.5. The maximum absolute atomic E-state index is 12.7. The van der Waals surface area contributed by atoms with Gasteiger partial charge in [0.15, 0.2) is 0 Å². The lowest BCUT2D eigenvalue weighted by atomic mass is 9.97. The van der Waals surface area contributed by atoms with Crippen LogP contribution in [-0.2, 0) is 11.3 Å². The summed E-state index contributed by atoms with van der Waals surface area (Å²) < 4.78 is 0. The van der Waals surface area contributed by atoms with E-state index in [-0.39, 0.29) is 29.9 Å². The predicted molar refractivity (Wildman–Crippen MR) is 130 cm³/mol. The summed E-state index contributed by atoms with van der Waals surface area (Å²) in [6, 6.07) is 14.6. The molecule has 0 bridgehead atoms. The molecule has 1 aliphatic rings. The van der Waals surface area contributed by atoms with Crippen LogP contribution in [0.25, 0.3) is 0 Å². The van der Waals surface area contributed by atoms with Crippen LogP contribution in [-0.4, -0.2) is 42.0 Å². The van der Waals surface area contributed by atoms with Crippen LogP contribution < -0.4 is 21.3 Å². The molecule has 2 aromatic rings. The standard InChI is InChI=1S/C25H33N5O3/c1-17(2)27-24(32)28-21-11-9-19(10-12-21)15-26-23(31)20-7-5-13-30(16-20)25(33)29-22-8-4-6-18(3)14-22/h4,6,8-12,14,17,20H,5,7,13,15-16H2,1-3H3,(H,26,31)(H,29,33)(H2,27,28,32). The van der Waals surface area contributed by atoms with Crippen molar-refractivity contribution in [2.24, 2.45) is 5.92 Å². The molecule has 0 spiro atoms. The van der Waals surface area contributed by atoms with E-state index in [9.17, 15) is 14.4 Å². The van der Waals surface area contributed by atoms with Gasteiger partial charge in [-0.2, -0.15) is 0 Å². The van der Waals surface area contributed by atoms with Gasteiger partial charge in [-0.15, -0.1) is 0 Å². The number of likely N-dealkylation sites (tertiary alicyclic amines) is 1. The zero-order valence-corrected chi connectivity index (χ0v) is 19.5. The van der Waals surface area contributed by atoms with Crippen LogP contribution in [0.2, 0.25) is 0 Å². The molecule has 3 rings (SSSR count). The van der Waals surface area contributed by atoms with Crippen LogP contribution in [0.15, 0.2) is 48.5 Å². The van der Waals surface area contributed by atoms with Crippen LogP contribution in [0.1, 0.15) is 37.8 Å². The number of carbonyl (C=O) groups excluding carboxylic acids is 3. The molecule has 1 fully saturated rings. The molecule has 8 nitrogen and oxygen atoms in total. The number of urea groups is 2. The number of benzene rings is 2. The van der Waals surface area contributed by atoms with Crippen molar-refractivity contribution in [2.75, 3.05) is 23.7 Å². The molecule has 4 N–H and O–H groups in total. The van der Waals surface area contributed by atoms with Crippen molar-refractivity contribution in [3.05, 3.63) is 59.7 Å². The second-order valence-corrected chi connectivity index (χ2v) is 8.75. The second kappa shape index (κ2) is 11.4. The van der Waals surface area contributed by atoms with Crippen LogP contribution in [0.5, 0.6) is 0 Å². The molecular weight excluding hydrogens is 418 g/mol. The van der Waals surface area contributed by atoms with E-state index in [1.165, 1.54) is 0 Å². The van der Waals surface area contributed by atoms with E-state index in [4.69, 9.17) is 0 Å². The van der Waals surface area contributed by atoms with Gasteiger partial charge < -0.3 is 26.2 Å².